The molecule has 0 aromatic heterocycles. The van der Waals surface area contributed by atoms with E-state index in [0.29, 0.717) is 12.8 Å². The van der Waals surface area contributed by atoms with Crippen molar-refractivity contribution in [2.75, 3.05) is 41.0 Å². The first-order valence-electron chi connectivity index (χ1n) is 19.6. The molecule has 0 saturated heterocycles. The predicted molar refractivity (Wildman–Crippen MR) is 190 cm³/mol. The van der Waals surface area contributed by atoms with Crippen LogP contribution in [0.5, 0.6) is 0 Å². The summed E-state index contributed by atoms with van der Waals surface area (Å²) in [6, 6.07) is -0.716. The van der Waals surface area contributed by atoms with Crippen molar-refractivity contribution in [2.24, 2.45) is 0 Å². The van der Waals surface area contributed by atoms with E-state index >= 15 is 0 Å². The third kappa shape index (κ3) is 30.1. The number of carboxylic acids is 1. The standard InChI is InChI=1S/C39H75NO7/c1-6-8-10-11-12-13-14-15-16-17-18-19-20-21-22-23-24-25-26-27-28-30-38(42)47-35(34-46-37(41)29-9-7-2)33-45-32-31-36(39(43)44)40(3,4)5/h35-36H,6-34H2,1-5H3. The summed E-state index contributed by atoms with van der Waals surface area (Å²) >= 11 is 0. The lowest BCUT2D eigenvalue weighted by Crippen LogP contribution is -2.55. The van der Waals surface area contributed by atoms with E-state index in [9.17, 15) is 19.5 Å². The van der Waals surface area contributed by atoms with E-state index in [2.05, 4.69) is 6.92 Å². The third-order valence-corrected chi connectivity index (χ3v) is 8.99. The molecular weight excluding hydrogens is 594 g/mol. The number of hydrogen-bond acceptors (Lipinski definition) is 7. The van der Waals surface area contributed by atoms with Crippen molar-refractivity contribution in [1.82, 2.24) is 0 Å². The molecule has 2 atom stereocenters. The predicted octanol–water partition coefficient (Wildman–Crippen LogP) is 8.47. The number of aliphatic carboxylic acids is 1. The van der Waals surface area contributed by atoms with Gasteiger partial charge in [0.15, 0.2) is 6.10 Å². The van der Waals surface area contributed by atoms with Crippen molar-refractivity contribution in [1.29, 1.82) is 0 Å². The summed E-state index contributed by atoms with van der Waals surface area (Å²) in [5.74, 6) is -1.77. The first-order valence-corrected chi connectivity index (χ1v) is 19.6. The summed E-state index contributed by atoms with van der Waals surface area (Å²) in [6.45, 7) is 4.44. The van der Waals surface area contributed by atoms with Gasteiger partial charge in [-0.15, -0.1) is 0 Å². The molecule has 0 bridgehead atoms. The smallest absolute Gasteiger partial charge is 0.306 e. The molecule has 0 amide bonds. The number of carbonyl (C=O) groups is 3. The number of hydrogen-bond donors (Lipinski definition) is 0. The molecule has 2 unspecified atom stereocenters. The van der Waals surface area contributed by atoms with Crippen LogP contribution >= 0.6 is 0 Å². The van der Waals surface area contributed by atoms with E-state index in [1.165, 1.54) is 116 Å². The van der Waals surface area contributed by atoms with Gasteiger partial charge in [-0.05, 0) is 12.8 Å². The van der Waals surface area contributed by atoms with Crippen LogP contribution in [0.1, 0.15) is 181 Å². The number of carbonyl (C=O) groups excluding carboxylic acids is 3. The van der Waals surface area contributed by atoms with Crippen molar-refractivity contribution in [2.45, 2.75) is 193 Å². The minimum absolute atomic E-state index is 0.0447. The highest BCUT2D eigenvalue weighted by Crippen LogP contribution is 2.16. The molecule has 0 aliphatic rings. The van der Waals surface area contributed by atoms with Gasteiger partial charge in [0.1, 0.15) is 12.6 Å². The zero-order valence-electron chi connectivity index (χ0n) is 31.5. The lowest BCUT2D eigenvalue weighted by Gasteiger charge is -2.34. The molecule has 0 aromatic rings. The molecule has 0 aromatic carbocycles. The third-order valence-electron chi connectivity index (χ3n) is 8.99. The van der Waals surface area contributed by atoms with E-state index in [1.54, 1.807) is 21.1 Å². The second kappa shape index (κ2) is 31.6. The molecular formula is C39H75NO7. The van der Waals surface area contributed by atoms with Crippen LogP contribution in [0.2, 0.25) is 0 Å². The molecule has 0 saturated carbocycles. The Labute approximate surface area is 289 Å². The van der Waals surface area contributed by atoms with Gasteiger partial charge < -0.3 is 28.6 Å². The van der Waals surface area contributed by atoms with Crippen LogP contribution in [0.15, 0.2) is 0 Å². The van der Waals surface area contributed by atoms with Crippen LogP contribution in [0.4, 0.5) is 0 Å². The van der Waals surface area contributed by atoms with Crippen LogP contribution < -0.4 is 5.11 Å². The molecule has 8 nitrogen and oxygen atoms in total. The van der Waals surface area contributed by atoms with Gasteiger partial charge in [-0.3, -0.25) is 9.59 Å². The first-order chi connectivity index (χ1) is 22.6. The fourth-order valence-electron chi connectivity index (χ4n) is 5.87. The molecule has 0 spiro atoms. The van der Waals surface area contributed by atoms with Crippen molar-refractivity contribution >= 4 is 17.9 Å². The number of unbranched alkanes of at least 4 members (excludes halogenated alkanes) is 21. The molecule has 0 aliphatic heterocycles. The van der Waals surface area contributed by atoms with Crippen molar-refractivity contribution in [3.8, 4) is 0 Å². The molecule has 0 fully saturated rings. The van der Waals surface area contributed by atoms with Gasteiger partial charge in [0.05, 0.1) is 40.3 Å². The molecule has 47 heavy (non-hydrogen) atoms. The summed E-state index contributed by atoms with van der Waals surface area (Å²) in [7, 11) is 5.38. The van der Waals surface area contributed by atoms with Gasteiger partial charge in [-0.2, -0.15) is 0 Å². The Bertz CT molecular complexity index is 752. The average Bonchev–Trinajstić information content (AvgIpc) is 3.02. The topological polar surface area (TPSA) is 102 Å². The maximum absolute atomic E-state index is 12.5. The maximum atomic E-state index is 12.5. The minimum atomic E-state index is -1.13. The van der Waals surface area contributed by atoms with E-state index < -0.39 is 18.1 Å². The number of carboxylic acid groups (broad SMARTS) is 1. The lowest BCUT2D eigenvalue weighted by atomic mass is 10.0. The summed E-state index contributed by atoms with van der Waals surface area (Å²) in [5.41, 5.74) is 0. The normalized spacial score (nSPS) is 13.0. The summed E-state index contributed by atoms with van der Waals surface area (Å²) in [6.07, 6.45) is 29.5. The van der Waals surface area contributed by atoms with Crippen LogP contribution in [0, 0.1) is 0 Å². The van der Waals surface area contributed by atoms with Crippen molar-refractivity contribution in [3.63, 3.8) is 0 Å². The Morgan fingerprint density at radius 1 is 0.553 bits per heavy atom. The molecule has 0 rings (SSSR count). The highest BCUT2D eigenvalue weighted by Gasteiger charge is 2.25. The molecule has 8 heteroatoms. The quantitative estimate of drug-likeness (QED) is 0.0379. The number of likely N-dealkylation sites (N-methyl/N-ethyl adjacent to an activating group) is 1. The molecule has 0 heterocycles. The Kier molecular flexibility index (Phi) is 30.5. The second-order valence-corrected chi connectivity index (χ2v) is 14.5. The minimum Gasteiger partial charge on any atom is -0.544 e. The van der Waals surface area contributed by atoms with Crippen LogP contribution in [-0.4, -0.2) is 75.5 Å². The van der Waals surface area contributed by atoms with Crippen molar-refractivity contribution < 1.29 is 38.2 Å². The Balaban J connectivity index is 3.95. The van der Waals surface area contributed by atoms with E-state index in [4.69, 9.17) is 14.2 Å². The Hall–Kier alpha value is -1.67. The zero-order valence-corrected chi connectivity index (χ0v) is 31.5. The Morgan fingerprint density at radius 2 is 0.957 bits per heavy atom. The molecule has 0 radical (unpaired) electrons. The lowest BCUT2D eigenvalue weighted by molar-refractivity contribution is -0.889. The van der Waals surface area contributed by atoms with E-state index in [1.807, 2.05) is 6.92 Å². The van der Waals surface area contributed by atoms with Gasteiger partial charge in [0, 0.05) is 19.3 Å². The molecule has 0 N–H and O–H groups in total. The number of rotatable bonds is 35. The van der Waals surface area contributed by atoms with E-state index in [-0.39, 0.29) is 42.7 Å². The van der Waals surface area contributed by atoms with Crippen LogP contribution in [-0.2, 0) is 28.6 Å². The number of ether oxygens (including phenoxy) is 3. The number of esters is 2. The van der Waals surface area contributed by atoms with Gasteiger partial charge in [-0.1, -0.05) is 149 Å². The summed E-state index contributed by atoms with van der Waals surface area (Å²) in [5, 5.41) is 11.5. The highest BCUT2D eigenvalue weighted by molar-refractivity contribution is 5.70. The maximum Gasteiger partial charge on any atom is 0.306 e. The first kappa shape index (κ1) is 45.3. The molecule has 0 aliphatic carbocycles. The number of nitrogens with zero attached hydrogens (tertiary/aromatic N) is 1. The van der Waals surface area contributed by atoms with Crippen LogP contribution in [0.25, 0.3) is 0 Å². The average molecular weight is 670 g/mol. The summed E-state index contributed by atoms with van der Waals surface area (Å²) < 4.78 is 16.8. The number of quaternary nitrogens is 1. The fraction of sp³-hybridized carbons (Fsp3) is 0.923. The van der Waals surface area contributed by atoms with Gasteiger partial charge >= 0.3 is 11.9 Å². The fourth-order valence-corrected chi connectivity index (χ4v) is 5.87. The monoisotopic (exact) mass is 670 g/mol. The highest BCUT2D eigenvalue weighted by atomic mass is 16.6. The van der Waals surface area contributed by atoms with E-state index in [0.717, 1.165) is 32.1 Å². The summed E-state index contributed by atoms with van der Waals surface area (Å²) in [4.78, 5) is 36.0. The van der Waals surface area contributed by atoms with Crippen LogP contribution in [0.3, 0.4) is 0 Å². The zero-order chi connectivity index (χ0) is 35.0. The second-order valence-electron chi connectivity index (χ2n) is 14.5. The van der Waals surface area contributed by atoms with Gasteiger partial charge in [0.25, 0.3) is 0 Å². The van der Waals surface area contributed by atoms with Gasteiger partial charge in [0.2, 0.25) is 0 Å². The largest absolute Gasteiger partial charge is 0.544 e. The molecule has 278 valence electrons. The SMILES string of the molecule is CCCCCCCCCCCCCCCCCCCCCCCC(=O)OC(COCCC(C(=O)[O-])[N+](C)(C)C)COC(=O)CCCC. The van der Waals surface area contributed by atoms with Gasteiger partial charge in [-0.25, -0.2) is 0 Å². The van der Waals surface area contributed by atoms with Crippen molar-refractivity contribution in [3.05, 3.63) is 0 Å². The Morgan fingerprint density at radius 3 is 1.36 bits per heavy atom.